The molecule has 0 aliphatic heterocycles. The maximum Gasteiger partial charge on any atom is 0.0684 e. The first-order valence-electron chi connectivity index (χ1n) is 5.40. The van der Waals surface area contributed by atoms with Gasteiger partial charge in [0.25, 0.3) is 0 Å². The Morgan fingerprint density at radius 2 is 2.06 bits per heavy atom. The molecule has 0 atom stereocenters. The number of benzene rings is 1. The van der Waals surface area contributed by atoms with Crippen molar-refractivity contribution < 1.29 is 0 Å². The Labute approximate surface area is 106 Å². The van der Waals surface area contributed by atoms with Gasteiger partial charge >= 0.3 is 0 Å². The summed E-state index contributed by atoms with van der Waals surface area (Å²) in [6.45, 7) is 5.63. The van der Waals surface area contributed by atoms with Crippen LogP contribution in [0.4, 0.5) is 0 Å². The molecule has 0 bridgehead atoms. The highest BCUT2D eigenvalue weighted by Gasteiger charge is 2.15. The van der Waals surface area contributed by atoms with Crippen LogP contribution in [-0.4, -0.2) is 6.54 Å². The van der Waals surface area contributed by atoms with Gasteiger partial charge in [-0.05, 0) is 38.4 Å². The van der Waals surface area contributed by atoms with Crippen LogP contribution in [0.5, 0.6) is 0 Å². The summed E-state index contributed by atoms with van der Waals surface area (Å²) in [7, 11) is 0. The maximum absolute atomic E-state index is 8.87. The van der Waals surface area contributed by atoms with Crippen LogP contribution in [0.3, 0.4) is 0 Å². The number of nitriles is 1. The molecule has 2 nitrogen and oxygen atoms in total. The fraction of sp³-hybridized carbons (Fsp3) is 0.462. The van der Waals surface area contributed by atoms with Crippen LogP contribution in [0.1, 0.15) is 25.8 Å². The van der Waals surface area contributed by atoms with Gasteiger partial charge in [-0.3, -0.25) is 0 Å². The average molecular weight is 281 g/mol. The predicted octanol–water partition coefficient (Wildman–Crippen LogP) is 3.48. The lowest BCUT2D eigenvalue weighted by atomic mass is 9.91. The van der Waals surface area contributed by atoms with Gasteiger partial charge < -0.3 is 5.32 Å². The summed E-state index contributed by atoms with van der Waals surface area (Å²) < 4.78 is 1.13. The largest absolute Gasteiger partial charge is 0.313 e. The fourth-order valence-electron chi connectivity index (χ4n) is 1.32. The molecule has 0 unspecified atom stereocenters. The van der Waals surface area contributed by atoms with Crippen molar-refractivity contribution in [1.29, 1.82) is 5.26 Å². The number of nitrogens with zero attached hydrogens (tertiary/aromatic N) is 1. The zero-order chi connectivity index (χ0) is 12.0. The Morgan fingerprint density at radius 3 is 2.69 bits per heavy atom. The molecule has 0 aromatic heterocycles. The molecule has 0 fully saturated rings. The van der Waals surface area contributed by atoms with Crippen LogP contribution in [-0.2, 0) is 6.54 Å². The molecule has 1 aromatic rings. The lowest BCUT2D eigenvalue weighted by Gasteiger charge is -2.15. The first-order chi connectivity index (χ1) is 7.55. The standard InChI is InChI=1S/C13H17BrN2/c1-13(2,10-15)7-8-16-9-11-5-3-4-6-12(11)14/h3-6,16H,7-9H2,1-2H3. The molecule has 1 aromatic carbocycles. The van der Waals surface area contributed by atoms with E-state index in [0.29, 0.717) is 0 Å². The van der Waals surface area contributed by atoms with E-state index in [-0.39, 0.29) is 5.41 Å². The molecule has 0 spiro atoms. The zero-order valence-corrected chi connectivity index (χ0v) is 11.3. The van der Waals surface area contributed by atoms with Crippen molar-refractivity contribution in [2.75, 3.05) is 6.54 Å². The monoisotopic (exact) mass is 280 g/mol. The van der Waals surface area contributed by atoms with Crippen molar-refractivity contribution in [2.45, 2.75) is 26.8 Å². The summed E-state index contributed by atoms with van der Waals surface area (Å²) in [5.74, 6) is 0. The van der Waals surface area contributed by atoms with Crippen LogP contribution in [0.2, 0.25) is 0 Å². The van der Waals surface area contributed by atoms with Crippen LogP contribution in [0, 0.1) is 16.7 Å². The summed E-state index contributed by atoms with van der Waals surface area (Å²) in [6, 6.07) is 10.5. The molecular formula is C13H17BrN2. The molecule has 3 heteroatoms. The van der Waals surface area contributed by atoms with Gasteiger partial charge in [-0.1, -0.05) is 34.1 Å². The molecule has 0 amide bonds. The summed E-state index contributed by atoms with van der Waals surface area (Å²) in [5, 5.41) is 12.2. The van der Waals surface area contributed by atoms with E-state index in [0.717, 1.165) is 24.0 Å². The Kier molecular flexibility index (Phi) is 4.98. The van der Waals surface area contributed by atoms with Gasteiger partial charge in [0.1, 0.15) is 0 Å². The topological polar surface area (TPSA) is 35.8 Å². The number of nitrogens with one attached hydrogen (secondary N) is 1. The lowest BCUT2D eigenvalue weighted by molar-refractivity contribution is 0.432. The molecule has 0 aliphatic rings. The van der Waals surface area contributed by atoms with Gasteiger partial charge in [-0.25, -0.2) is 0 Å². The van der Waals surface area contributed by atoms with Gasteiger partial charge in [-0.15, -0.1) is 0 Å². The molecule has 0 radical (unpaired) electrons. The van der Waals surface area contributed by atoms with Crippen molar-refractivity contribution in [3.8, 4) is 6.07 Å². The van der Waals surface area contributed by atoms with E-state index in [1.807, 2.05) is 32.0 Å². The summed E-state index contributed by atoms with van der Waals surface area (Å²) in [5.41, 5.74) is 1.01. The Morgan fingerprint density at radius 1 is 1.38 bits per heavy atom. The van der Waals surface area contributed by atoms with Gasteiger partial charge in [-0.2, -0.15) is 5.26 Å². The second-order valence-electron chi connectivity index (χ2n) is 4.51. The van der Waals surface area contributed by atoms with E-state index in [1.165, 1.54) is 5.56 Å². The third-order valence-electron chi connectivity index (χ3n) is 2.50. The second-order valence-corrected chi connectivity index (χ2v) is 5.37. The van der Waals surface area contributed by atoms with Crippen molar-refractivity contribution >= 4 is 15.9 Å². The normalized spacial score (nSPS) is 11.1. The number of hydrogen-bond donors (Lipinski definition) is 1. The van der Waals surface area contributed by atoms with E-state index in [1.54, 1.807) is 0 Å². The minimum Gasteiger partial charge on any atom is -0.313 e. The van der Waals surface area contributed by atoms with Crippen molar-refractivity contribution in [2.24, 2.45) is 5.41 Å². The Bertz CT molecular complexity index is 380. The zero-order valence-electron chi connectivity index (χ0n) is 9.76. The molecular weight excluding hydrogens is 264 g/mol. The predicted molar refractivity (Wildman–Crippen MR) is 69.9 cm³/mol. The van der Waals surface area contributed by atoms with E-state index >= 15 is 0 Å². The van der Waals surface area contributed by atoms with E-state index in [4.69, 9.17) is 5.26 Å². The molecule has 86 valence electrons. The summed E-state index contributed by atoms with van der Waals surface area (Å²) >= 11 is 3.51. The Balaban J connectivity index is 2.33. The Hall–Kier alpha value is -0.850. The molecule has 0 saturated heterocycles. The third kappa shape index (κ3) is 4.34. The second kappa shape index (κ2) is 6.03. The lowest BCUT2D eigenvalue weighted by Crippen LogP contribution is -2.21. The number of rotatable bonds is 5. The highest BCUT2D eigenvalue weighted by atomic mass is 79.9. The SMILES string of the molecule is CC(C)(C#N)CCNCc1ccccc1Br. The quantitative estimate of drug-likeness (QED) is 0.839. The van der Waals surface area contributed by atoms with Gasteiger partial charge in [0.15, 0.2) is 0 Å². The van der Waals surface area contributed by atoms with Gasteiger partial charge in [0, 0.05) is 11.0 Å². The van der Waals surface area contributed by atoms with Crippen LogP contribution < -0.4 is 5.32 Å². The number of hydrogen-bond acceptors (Lipinski definition) is 2. The van der Waals surface area contributed by atoms with Crippen molar-refractivity contribution in [1.82, 2.24) is 5.32 Å². The summed E-state index contributed by atoms with van der Waals surface area (Å²) in [6.07, 6.45) is 0.869. The average Bonchev–Trinajstić information content (AvgIpc) is 2.27. The molecule has 0 heterocycles. The maximum atomic E-state index is 8.87. The highest BCUT2D eigenvalue weighted by Crippen LogP contribution is 2.18. The summed E-state index contributed by atoms with van der Waals surface area (Å²) in [4.78, 5) is 0. The van der Waals surface area contributed by atoms with Gasteiger partial charge in [0.05, 0.1) is 11.5 Å². The van der Waals surface area contributed by atoms with Crippen LogP contribution in [0.25, 0.3) is 0 Å². The minimum atomic E-state index is -0.235. The van der Waals surface area contributed by atoms with Crippen LogP contribution >= 0.6 is 15.9 Å². The highest BCUT2D eigenvalue weighted by molar-refractivity contribution is 9.10. The third-order valence-corrected chi connectivity index (χ3v) is 3.28. The smallest absolute Gasteiger partial charge is 0.0684 e. The number of halogens is 1. The molecule has 1 rings (SSSR count). The van der Waals surface area contributed by atoms with Crippen molar-refractivity contribution in [3.05, 3.63) is 34.3 Å². The minimum absolute atomic E-state index is 0.235. The van der Waals surface area contributed by atoms with Gasteiger partial charge in [0.2, 0.25) is 0 Å². The van der Waals surface area contributed by atoms with E-state index < -0.39 is 0 Å². The fourth-order valence-corrected chi connectivity index (χ4v) is 1.75. The van der Waals surface area contributed by atoms with E-state index in [9.17, 15) is 0 Å². The molecule has 0 saturated carbocycles. The first-order valence-corrected chi connectivity index (χ1v) is 6.20. The molecule has 16 heavy (non-hydrogen) atoms. The van der Waals surface area contributed by atoms with Crippen LogP contribution in [0.15, 0.2) is 28.7 Å². The molecule has 1 N–H and O–H groups in total. The molecule has 0 aliphatic carbocycles. The first kappa shape index (κ1) is 13.2. The van der Waals surface area contributed by atoms with Crippen molar-refractivity contribution in [3.63, 3.8) is 0 Å². The van der Waals surface area contributed by atoms with E-state index in [2.05, 4.69) is 33.4 Å².